The first kappa shape index (κ1) is 19.1. The molecule has 3 heterocycles. The van der Waals surface area contributed by atoms with Crippen LogP contribution in [0.4, 0.5) is 5.88 Å². The standard InChI is InChI=1S/C21H16ClN3O3S/c22-16-5-1-2-6-18(16)26-13-14-7-8-19(27-14)21-25-17(12-23)20(28-21)24-10-9-15-4-3-11-29-15/h1-8,11,24H,9-10,13H2. The van der Waals surface area contributed by atoms with Crippen LogP contribution in [0.3, 0.4) is 0 Å². The summed E-state index contributed by atoms with van der Waals surface area (Å²) in [5, 5.41) is 15.0. The summed E-state index contributed by atoms with van der Waals surface area (Å²) in [5.74, 6) is 2.16. The summed E-state index contributed by atoms with van der Waals surface area (Å²) in [7, 11) is 0. The van der Waals surface area contributed by atoms with Gasteiger partial charge in [0.05, 0.1) is 5.02 Å². The molecule has 1 aromatic carbocycles. The van der Waals surface area contributed by atoms with Gasteiger partial charge in [-0.05, 0) is 42.1 Å². The molecular weight excluding hydrogens is 410 g/mol. The van der Waals surface area contributed by atoms with Crippen LogP contribution in [0.25, 0.3) is 11.7 Å². The third-order valence-electron chi connectivity index (χ3n) is 4.05. The predicted molar refractivity (Wildman–Crippen MR) is 111 cm³/mol. The first-order valence-corrected chi connectivity index (χ1v) is 10.1. The van der Waals surface area contributed by atoms with Crippen molar-refractivity contribution in [3.05, 3.63) is 75.3 Å². The average molecular weight is 426 g/mol. The molecule has 8 heteroatoms. The molecule has 146 valence electrons. The minimum atomic E-state index is 0.191. The monoisotopic (exact) mass is 425 g/mol. The zero-order chi connectivity index (χ0) is 20.1. The second-order valence-electron chi connectivity index (χ2n) is 6.05. The second-order valence-corrected chi connectivity index (χ2v) is 7.49. The predicted octanol–water partition coefficient (Wildman–Crippen LogP) is 5.75. The molecule has 0 aliphatic rings. The van der Waals surface area contributed by atoms with Crippen LogP contribution in [0.15, 0.2) is 62.7 Å². The summed E-state index contributed by atoms with van der Waals surface area (Å²) in [6.45, 7) is 0.848. The van der Waals surface area contributed by atoms with Crippen LogP contribution in [-0.4, -0.2) is 11.5 Å². The minimum Gasteiger partial charge on any atom is -0.484 e. The third-order valence-corrected chi connectivity index (χ3v) is 5.30. The van der Waals surface area contributed by atoms with E-state index in [9.17, 15) is 5.26 Å². The Labute approximate surface area is 176 Å². The molecule has 0 fully saturated rings. The van der Waals surface area contributed by atoms with Crippen LogP contribution in [0, 0.1) is 11.3 Å². The van der Waals surface area contributed by atoms with Gasteiger partial charge in [0.15, 0.2) is 5.76 Å². The lowest BCUT2D eigenvalue weighted by atomic mass is 10.3. The first-order chi connectivity index (χ1) is 14.2. The molecule has 0 aliphatic carbocycles. The van der Waals surface area contributed by atoms with Crippen LogP contribution in [0.1, 0.15) is 16.3 Å². The summed E-state index contributed by atoms with van der Waals surface area (Å²) in [6, 6.07) is 16.8. The number of benzene rings is 1. The Kier molecular flexibility index (Phi) is 5.84. The quantitative estimate of drug-likeness (QED) is 0.386. The van der Waals surface area contributed by atoms with E-state index in [2.05, 4.69) is 16.4 Å². The highest BCUT2D eigenvalue weighted by atomic mass is 35.5. The number of para-hydroxylation sites is 1. The van der Waals surface area contributed by atoms with Crippen molar-refractivity contribution < 1.29 is 13.6 Å². The number of nitrogens with zero attached hydrogens (tertiary/aromatic N) is 2. The number of aromatic nitrogens is 1. The Hall–Kier alpha value is -3.21. The molecule has 0 radical (unpaired) electrons. The molecule has 4 rings (SSSR count). The molecule has 0 bridgehead atoms. The first-order valence-electron chi connectivity index (χ1n) is 8.86. The van der Waals surface area contributed by atoms with Gasteiger partial charge in [-0.25, -0.2) is 0 Å². The molecule has 0 atom stereocenters. The van der Waals surface area contributed by atoms with Crippen LogP contribution in [0.5, 0.6) is 5.75 Å². The maximum atomic E-state index is 9.33. The molecule has 6 nitrogen and oxygen atoms in total. The maximum Gasteiger partial charge on any atom is 0.266 e. The molecule has 0 spiro atoms. The third kappa shape index (κ3) is 4.62. The molecule has 0 aliphatic heterocycles. The summed E-state index contributed by atoms with van der Waals surface area (Å²) < 4.78 is 17.1. The molecule has 0 saturated heterocycles. The van der Waals surface area contributed by atoms with E-state index in [-0.39, 0.29) is 18.2 Å². The van der Waals surface area contributed by atoms with Gasteiger partial charge in [0.2, 0.25) is 11.6 Å². The lowest BCUT2D eigenvalue weighted by Gasteiger charge is -2.05. The van der Waals surface area contributed by atoms with Crippen molar-refractivity contribution in [1.29, 1.82) is 5.26 Å². The van der Waals surface area contributed by atoms with Crippen molar-refractivity contribution in [3.63, 3.8) is 0 Å². The Balaban J connectivity index is 1.41. The summed E-state index contributed by atoms with van der Waals surface area (Å²) in [5.41, 5.74) is 0.191. The maximum absolute atomic E-state index is 9.33. The zero-order valence-electron chi connectivity index (χ0n) is 15.2. The van der Waals surface area contributed by atoms with Crippen molar-refractivity contribution in [2.75, 3.05) is 11.9 Å². The summed E-state index contributed by atoms with van der Waals surface area (Å²) in [4.78, 5) is 5.47. The fraction of sp³-hybridized carbons (Fsp3) is 0.143. The van der Waals surface area contributed by atoms with E-state index in [1.807, 2.05) is 29.6 Å². The number of halogens is 1. The van der Waals surface area contributed by atoms with Gasteiger partial charge in [-0.1, -0.05) is 29.8 Å². The smallest absolute Gasteiger partial charge is 0.266 e. The highest BCUT2D eigenvalue weighted by Crippen LogP contribution is 2.28. The van der Waals surface area contributed by atoms with Crippen LogP contribution in [0.2, 0.25) is 5.02 Å². The Morgan fingerprint density at radius 3 is 2.83 bits per heavy atom. The molecular formula is C21H16ClN3O3S. The van der Waals surface area contributed by atoms with Crippen molar-refractivity contribution in [3.8, 4) is 23.5 Å². The van der Waals surface area contributed by atoms with Gasteiger partial charge in [0.1, 0.15) is 24.2 Å². The number of anilines is 1. The van der Waals surface area contributed by atoms with Gasteiger partial charge >= 0.3 is 0 Å². The zero-order valence-corrected chi connectivity index (χ0v) is 16.8. The number of oxazole rings is 1. The van der Waals surface area contributed by atoms with E-state index in [0.29, 0.717) is 34.7 Å². The van der Waals surface area contributed by atoms with Crippen molar-refractivity contribution in [2.24, 2.45) is 0 Å². The molecule has 4 aromatic rings. The van der Waals surface area contributed by atoms with E-state index in [1.54, 1.807) is 35.6 Å². The van der Waals surface area contributed by atoms with Crippen LogP contribution < -0.4 is 10.1 Å². The summed E-state index contributed by atoms with van der Waals surface area (Å²) in [6.07, 6.45) is 0.836. The number of nitrogens with one attached hydrogen (secondary N) is 1. The normalized spacial score (nSPS) is 10.6. The number of thiophene rings is 1. The number of furan rings is 1. The van der Waals surface area contributed by atoms with E-state index in [0.717, 1.165) is 6.42 Å². The van der Waals surface area contributed by atoms with E-state index in [1.165, 1.54) is 4.88 Å². The minimum absolute atomic E-state index is 0.191. The Bertz CT molecular complexity index is 1130. The molecule has 3 aromatic heterocycles. The van der Waals surface area contributed by atoms with E-state index >= 15 is 0 Å². The molecule has 0 unspecified atom stereocenters. The highest BCUT2D eigenvalue weighted by Gasteiger charge is 2.17. The Morgan fingerprint density at radius 2 is 2.03 bits per heavy atom. The molecule has 29 heavy (non-hydrogen) atoms. The van der Waals surface area contributed by atoms with Crippen molar-refractivity contribution >= 4 is 28.8 Å². The molecule has 0 amide bonds. The fourth-order valence-corrected chi connectivity index (χ4v) is 3.56. The summed E-state index contributed by atoms with van der Waals surface area (Å²) >= 11 is 7.77. The van der Waals surface area contributed by atoms with Crippen LogP contribution in [-0.2, 0) is 13.0 Å². The second kappa shape index (κ2) is 8.86. The lowest BCUT2D eigenvalue weighted by Crippen LogP contribution is -2.04. The van der Waals surface area contributed by atoms with Crippen molar-refractivity contribution in [1.82, 2.24) is 4.98 Å². The Morgan fingerprint density at radius 1 is 1.14 bits per heavy atom. The van der Waals surface area contributed by atoms with Gasteiger partial charge in [-0.2, -0.15) is 10.2 Å². The van der Waals surface area contributed by atoms with E-state index in [4.69, 9.17) is 25.2 Å². The van der Waals surface area contributed by atoms with Gasteiger partial charge in [-0.3, -0.25) is 0 Å². The fourth-order valence-electron chi connectivity index (χ4n) is 2.66. The number of hydrogen-bond acceptors (Lipinski definition) is 7. The molecule has 0 saturated carbocycles. The van der Waals surface area contributed by atoms with Gasteiger partial charge in [-0.15, -0.1) is 11.3 Å². The number of hydrogen-bond donors (Lipinski definition) is 1. The van der Waals surface area contributed by atoms with Gasteiger partial charge in [0, 0.05) is 11.4 Å². The number of ether oxygens (including phenoxy) is 1. The van der Waals surface area contributed by atoms with Crippen molar-refractivity contribution in [2.45, 2.75) is 13.0 Å². The van der Waals surface area contributed by atoms with Gasteiger partial charge in [0.25, 0.3) is 5.89 Å². The SMILES string of the molecule is N#Cc1nc(-c2ccc(COc3ccccc3Cl)o2)oc1NCCc1cccs1. The largest absolute Gasteiger partial charge is 0.484 e. The van der Waals surface area contributed by atoms with Gasteiger partial charge < -0.3 is 18.9 Å². The van der Waals surface area contributed by atoms with Crippen LogP contribution >= 0.6 is 22.9 Å². The number of rotatable bonds is 8. The highest BCUT2D eigenvalue weighted by molar-refractivity contribution is 7.09. The topological polar surface area (TPSA) is 84.2 Å². The number of nitriles is 1. The lowest BCUT2D eigenvalue weighted by molar-refractivity contribution is 0.271. The van der Waals surface area contributed by atoms with E-state index < -0.39 is 0 Å². The molecule has 1 N–H and O–H groups in total. The average Bonchev–Trinajstić information content (AvgIpc) is 3.48.